The molecule has 0 aliphatic carbocycles. The van der Waals surface area contributed by atoms with E-state index in [4.69, 9.17) is 20.9 Å². The Bertz CT molecular complexity index is 1410. The van der Waals surface area contributed by atoms with Gasteiger partial charge in [0.1, 0.15) is 11.5 Å². The Kier molecular flexibility index (Phi) is 10.5. The second-order valence-electron chi connectivity index (χ2n) is 9.41. The molecule has 3 rings (SSSR count). The number of carbonyl (C=O) groups is 2. The van der Waals surface area contributed by atoms with Crippen molar-refractivity contribution in [3.8, 4) is 11.5 Å². The number of alkyl halides is 5. The SMILES string of the molecule is Nc1ccc(CCC/C(=C\C(=O)O)c2ccc(OC(=O)c3ccc(OCCCC(F)(F)C(F)(F)F)cc3)cc2)c(N)c1. The molecule has 0 spiro atoms. The molecule has 224 valence electrons. The van der Waals surface area contributed by atoms with Gasteiger partial charge in [-0.25, -0.2) is 9.59 Å². The number of anilines is 2. The molecule has 0 radical (unpaired) electrons. The summed E-state index contributed by atoms with van der Waals surface area (Å²) in [6.07, 6.45) is -4.70. The molecule has 0 aliphatic heterocycles. The van der Waals surface area contributed by atoms with Gasteiger partial charge in [0, 0.05) is 23.9 Å². The molecule has 3 aromatic rings. The number of nitrogens with two attached hydrogens (primary N) is 2. The first-order chi connectivity index (χ1) is 19.7. The number of benzene rings is 3. The fourth-order valence-corrected chi connectivity index (χ4v) is 3.98. The lowest BCUT2D eigenvalue weighted by atomic mass is 9.97. The van der Waals surface area contributed by atoms with Crippen molar-refractivity contribution >= 4 is 28.9 Å². The van der Waals surface area contributed by atoms with Gasteiger partial charge in [0.25, 0.3) is 0 Å². The Morgan fingerprint density at radius 1 is 0.833 bits per heavy atom. The van der Waals surface area contributed by atoms with Crippen molar-refractivity contribution in [2.75, 3.05) is 18.1 Å². The molecule has 0 saturated carbocycles. The highest BCUT2D eigenvalue weighted by atomic mass is 19.4. The van der Waals surface area contributed by atoms with Gasteiger partial charge < -0.3 is 26.0 Å². The molecule has 5 N–H and O–H groups in total. The van der Waals surface area contributed by atoms with Gasteiger partial charge in [-0.1, -0.05) is 18.2 Å². The zero-order chi connectivity index (χ0) is 30.9. The number of aryl methyl sites for hydroxylation is 1. The Balaban J connectivity index is 1.53. The molecule has 0 bridgehead atoms. The van der Waals surface area contributed by atoms with Gasteiger partial charge in [-0.15, -0.1) is 0 Å². The third-order valence-electron chi connectivity index (χ3n) is 6.20. The first-order valence-electron chi connectivity index (χ1n) is 12.8. The summed E-state index contributed by atoms with van der Waals surface area (Å²) in [5.74, 6) is -6.20. The summed E-state index contributed by atoms with van der Waals surface area (Å²) in [5.41, 5.74) is 15.1. The molecule has 0 atom stereocenters. The summed E-state index contributed by atoms with van der Waals surface area (Å²) < 4.78 is 73.1. The molecule has 12 heteroatoms. The standard InChI is InChI=1S/C30H29F5N2O5/c31-29(32,30(33,34)35)15-2-16-41-24-11-8-21(9-12-24)28(40)42-25-13-6-19(7-14-25)22(17-27(38)39)4-1-3-20-5-10-23(36)18-26(20)37/h5-14,17-18H,1-4,15-16,36-37H2,(H,38,39)/b22-17+. The molecule has 3 aromatic carbocycles. The van der Waals surface area contributed by atoms with E-state index in [1.807, 2.05) is 6.07 Å². The van der Waals surface area contributed by atoms with Crippen LogP contribution in [0.15, 0.2) is 72.8 Å². The summed E-state index contributed by atoms with van der Waals surface area (Å²) in [5, 5.41) is 9.32. The number of aliphatic carboxylic acids is 1. The Morgan fingerprint density at radius 3 is 2.05 bits per heavy atom. The molecule has 7 nitrogen and oxygen atoms in total. The van der Waals surface area contributed by atoms with Gasteiger partial charge >= 0.3 is 24.0 Å². The third kappa shape index (κ3) is 9.22. The lowest BCUT2D eigenvalue weighted by Crippen LogP contribution is -2.36. The number of rotatable bonds is 13. The normalized spacial score (nSPS) is 12.2. The van der Waals surface area contributed by atoms with E-state index >= 15 is 0 Å². The van der Waals surface area contributed by atoms with Crippen molar-refractivity contribution in [3.63, 3.8) is 0 Å². The van der Waals surface area contributed by atoms with Crippen molar-refractivity contribution in [2.24, 2.45) is 0 Å². The lowest BCUT2D eigenvalue weighted by molar-refractivity contribution is -0.284. The fourth-order valence-electron chi connectivity index (χ4n) is 3.98. The van der Waals surface area contributed by atoms with Gasteiger partial charge in [-0.2, -0.15) is 22.0 Å². The van der Waals surface area contributed by atoms with Crippen LogP contribution in [-0.4, -0.2) is 35.8 Å². The minimum atomic E-state index is -5.61. The number of hydrogen-bond acceptors (Lipinski definition) is 6. The summed E-state index contributed by atoms with van der Waals surface area (Å²) in [6, 6.07) is 17.0. The maximum absolute atomic E-state index is 13.0. The van der Waals surface area contributed by atoms with E-state index in [9.17, 15) is 36.6 Å². The first-order valence-corrected chi connectivity index (χ1v) is 12.8. The van der Waals surface area contributed by atoms with Crippen molar-refractivity contribution < 1.29 is 46.1 Å². The van der Waals surface area contributed by atoms with Crippen molar-refractivity contribution in [3.05, 3.63) is 89.5 Å². The van der Waals surface area contributed by atoms with E-state index in [-0.39, 0.29) is 23.7 Å². The molecule has 0 aromatic heterocycles. The average Bonchev–Trinajstić information content (AvgIpc) is 2.91. The van der Waals surface area contributed by atoms with E-state index in [2.05, 4.69) is 0 Å². The number of carboxylic acid groups (broad SMARTS) is 1. The van der Waals surface area contributed by atoms with Crippen molar-refractivity contribution in [1.29, 1.82) is 0 Å². The minimum absolute atomic E-state index is 0.142. The lowest BCUT2D eigenvalue weighted by Gasteiger charge is -2.19. The number of hydrogen-bond donors (Lipinski definition) is 3. The number of halogens is 5. The number of esters is 1. The zero-order valence-electron chi connectivity index (χ0n) is 22.3. The number of carboxylic acids is 1. The van der Waals surface area contributed by atoms with Gasteiger partial charge in [0.15, 0.2) is 0 Å². The van der Waals surface area contributed by atoms with E-state index in [1.54, 1.807) is 24.3 Å². The Hall–Kier alpha value is -4.61. The number of ether oxygens (including phenoxy) is 2. The highest BCUT2D eigenvalue weighted by Crippen LogP contribution is 2.38. The Morgan fingerprint density at radius 2 is 1.45 bits per heavy atom. The van der Waals surface area contributed by atoms with E-state index in [1.165, 1.54) is 36.4 Å². The maximum Gasteiger partial charge on any atom is 0.453 e. The van der Waals surface area contributed by atoms with Gasteiger partial charge in [0.2, 0.25) is 0 Å². The summed E-state index contributed by atoms with van der Waals surface area (Å²) >= 11 is 0. The predicted octanol–water partition coefficient (Wildman–Crippen LogP) is 6.92. The van der Waals surface area contributed by atoms with Crippen LogP contribution in [0.5, 0.6) is 11.5 Å². The van der Waals surface area contributed by atoms with Crippen LogP contribution < -0.4 is 20.9 Å². The van der Waals surface area contributed by atoms with Gasteiger partial charge in [-0.05, 0) is 90.9 Å². The quantitative estimate of drug-likeness (QED) is 0.0492. The zero-order valence-corrected chi connectivity index (χ0v) is 22.3. The van der Waals surface area contributed by atoms with Crippen LogP contribution in [0.4, 0.5) is 33.3 Å². The third-order valence-corrected chi connectivity index (χ3v) is 6.20. The molecular formula is C30H29F5N2O5. The number of allylic oxidation sites excluding steroid dienone is 1. The molecular weight excluding hydrogens is 563 g/mol. The first kappa shape index (κ1) is 31.9. The van der Waals surface area contributed by atoms with E-state index in [0.717, 1.165) is 11.6 Å². The minimum Gasteiger partial charge on any atom is -0.494 e. The average molecular weight is 593 g/mol. The van der Waals surface area contributed by atoms with Crippen molar-refractivity contribution in [2.45, 2.75) is 44.2 Å². The summed E-state index contributed by atoms with van der Waals surface area (Å²) in [7, 11) is 0. The molecule has 0 amide bonds. The number of carbonyl (C=O) groups excluding carboxylic acids is 1. The molecule has 0 aliphatic rings. The van der Waals surface area contributed by atoms with Crippen LogP contribution in [0.1, 0.15) is 47.2 Å². The largest absolute Gasteiger partial charge is 0.494 e. The van der Waals surface area contributed by atoms with Crippen LogP contribution in [0, 0.1) is 0 Å². The monoisotopic (exact) mass is 592 g/mol. The molecule has 0 saturated heterocycles. The van der Waals surface area contributed by atoms with E-state index in [0.29, 0.717) is 41.8 Å². The summed E-state index contributed by atoms with van der Waals surface area (Å²) in [4.78, 5) is 23.9. The fraction of sp³-hybridized carbons (Fsp3) is 0.267. The number of nitrogen functional groups attached to an aromatic ring is 2. The predicted molar refractivity (Wildman–Crippen MR) is 147 cm³/mol. The van der Waals surface area contributed by atoms with Crippen LogP contribution in [-0.2, 0) is 11.2 Å². The van der Waals surface area contributed by atoms with Crippen molar-refractivity contribution in [1.82, 2.24) is 0 Å². The Labute approximate surface area is 238 Å². The smallest absolute Gasteiger partial charge is 0.453 e. The topological polar surface area (TPSA) is 125 Å². The van der Waals surface area contributed by atoms with Crippen LogP contribution in [0.25, 0.3) is 5.57 Å². The maximum atomic E-state index is 13.0. The van der Waals surface area contributed by atoms with Crippen LogP contribution in [0.3, 0.4) is 0 Å². The molecule has 0 unspecified atom stereocenters. The van der Waals surface area contributed by atoms with E-state index < -0.39 is 36.9 Å². The highest BCUT2D eigenvalue weighted by Gasteiger charge is 2.56. The highest BCUT2D eigenvalue weighted by molar-refractivity contribution is 5.92. The summed E-state index contributed by atoms with van der Waals surface area (Å²) in [6.45, 7) is -0.366. The second kappa shape index (κ2) is 13.8. The molecule has 42 heavy (non-hydrogen) atoms. The van der Waals surface area contributed by atoms with Gasteiger partial charge in [0.05, 0.1) is 12.2 Å². The van der Waals surface area contributed by atoms with Crippen LogP contribution in [0.2, 0.25) is 0 Å². The second-order valence-corrected chi connectivity index (χ2v) is 9.41. The van der Waals surface area contributed by atoms with Gasteiger partial charge in [-0.3, -0.25) is 0 Å². The molecule has 0 heterocycles. The van der Waals surface area contributed by atoms with Crippen LogP contribution >= 0.6 is 0 Å². The molecule has 0 fully saturated rings.